The Labute approximate surface area is 115 Å². The molecule has 1 heterocycles. The first-order valence-corrected chi connectivity index (χ1v) is 7.09. The standard InChI is InChI=1S/C14H24N4O/c1-10-3-5-11(6-4-10)7-8-16-13-12(15)14(19-2)18-9-17-13/h9-11H,3-8,15H2,1-2H3,(H,16,17,18). The van der Waals surface area contributed by atoms with Gasteiger partial charge >= 0.3 is 0 Å². The average Bonchev–Trinajstić information content (AvgIpc) is 2.43. The van der Waals surface area contributed by atoms with Gasteiger partial charge in [0.25, 0.3) is 0 Å². The van der Waals surface area contributed by atoms with Gasteiger partial charge in [-0.2, -0.15) is 4.98 Å². The highest BCUT2D eigenvalue weighted by Gasteiger charge is 2.18. The zero-order valence-corrected chi connectivity index (χ0v) is 11.9. The number of nitrogens with zero attached hydrogens (tertiary/aromatic N) is 2. The first-order valence-electron chi connectivity index (χ1n) is 7.09. The van der Waals surface area contributed by atoms with Crippen molar-refractivity contribution in [3.63, 3.8) is 0 Å². The summed E-state index contributed by atoms with van der Waals surface area (Å²) in [5, 5.41) is 3.29. The number of rotatable bonds is 5. The monoisotopic (exact) mass is 264 g/mol. The highest BCUT2D eigenvalue weighted by Crippen LogP contribution is 2.30. The van der Waals surface area contributed by atoms with Gasteiger partial charge in [0.05, 0.1) is 7.11 Å². The molecule has 2 rings (SSSR count). The summed E-state index contributed by atoms with van der Waals surface area (Å²) in [5.74, 6) is 2.86. The van der Waals surface area contributed by atoms with Crippen LogP contribution in [0.15, 0.2) is 6.33 Å². The normalized spacial score (nSPS) is 23.1. The highest BCUT2D eigenvalue weighted by atomic mass is 16.5. The molecule has 0 bridgehead atoms. The van der Waals surface area contributed by atoms with Gasteiger partial charge < -0.3 is 15.8 Å². The minimum Gasteiger partial charge on any atom is -0.479 e. The van der Waals surface area contributed by atoms with Crippen LogP contribution in [-0.2, 0) is 0 Å². The van der Waals surface area contributed by atoms with Gasteiger partial charge in [-0.1, -0.05) is 32.6 Å². The second kappa shape index (κ2) is 6.59. The molecule has 0 aliphatic heterocycles. The smallest absolute Gasteiger partial charge is 0.242 e. The lowest BCUT2D eigenvalue weighted by Gasteiger charge is -2.26. The summed E-state index contributed by atoms with van der Waals surface area (Å²) in [6.45, 7) is 3.26. The number of ether oxygens (including phenoxy) is 1. The zero-order valence-electron chi connectivity index (χ0n) is 11.9. The molecule has 0 aromatic carbocycles. The van der Waals surface area contributed by atoms with Gasteiger partial charge in [0, 0.05) is 6.54 Å². The van der Waals surface area contributed by atoms with E-state index in [2.05, 4.69) is 22.2 Å². The number of nitrogens with one attached hydrogen (secondary N) is 1. The maximum atomic E-state index is 5.92. The molecular weight excluding hydrogens is 240 g/mol. The Morgan fingerprint density at radius 2 is 2.05 bits per heavy atom. The van der Waals surface area contributed by atoms with Gasteiger partial charge in [0.15, 0.2) is 5.82 Å². The molecule has 3 N–H and O–H groups in total. The number of nitrogen functional groups attached to an aromatic ring is 1. The van der Waals surface area contributed by atoms with Crippen LogP contribution < -0.4 is 15.8 Å². The van der Waals surface area contributed by atoms with E-state index in [0.717, 1.165) is 18.4 Å². The van der Waals surface area contributed by atoms with Crippen LogP contribution in [0.3, 0.4) is 0 Å². The first-order chi connectivity index (χ1) is 9.20. The summed E-state index contributed by atoms with van der Waals surface area (Å²) in [6, 6.07) is 0. The summed E-state index contributed by atoms with van der Waals surface area (Å²) in [6.07, 6.45) is 8.09. The third-order valence-corrected chi connectivity index (χ3v) is 4.02. The molecule has 0 atom stereocenters. The van der Waals surface area contributed by atoms with E-state index in [1.165, 1.54) is 38.4 Å². The largest absolute Gasteiger partial charge is 0.479 e. The summed E-state index contributed by atoms with van der Waals surface area (Å²) in [5.41, 5.74) is 6.41. The molecule has 5 heteroatoms. The van der Waals surface area contributed by atoms with Gasteiger partial charge in [0.2, 0.25) is 5.88 Å². The molecule has 0 amide bonds. The molecule has 1 saturated carbocycles. The van der Waals surface area contributed by atoms with Gasteiger partial charge in [-0.25, -0.2) is 4.98 Å². The average molecular weight is 264 g/mol. The summed E-state index contributed by atoms with van der Waals surface area (Å²) < 4.78 is 5.08. The van der Waals surface area contributed by atoms with E-state index in [0.29, 0.717) is 17.4 Å². The molecule has 0 unspecified atom stereocenters. The molecule has 1 aromatic heterocycles. The third kappa shape index (κ3) is 3.72. The summed E-state index contributed by atoms with van der Waals surface area (Å²) in [4.78, 5) is 8.12. The predicted molar refractivity (Wildman–Crippen MR) is 77.2 cm³/mol. The second-order valence-electron chi connectivity index (χ2n) is 5.49. The number of methoxy groups -OCH3 is 1. The molecular formula is C14H24N4O. The van der Waals surface area contributed by atoms with E-state index in [1.807, 2.05) is 0 Å². The van der Waals surface area contributed by atoms with Crippen molar-refractivity contribution < 1.29 is 4.74 Å². The molecule has 1 aromatic rings. The summed E-state index contributed by atoms with van der Waals surface area (Å²) in [7, 11) is 1.56. The van der Waals surface area contributed by atoms with Crippen molar-refractivity contribution in [2.75, 3.05) is 24.7 Å². The van der Waals surface area contributed by atoms with Crippen molar-refractivity contribution in [1.82, 2.24) is 9.97 Å². The Hall–Kier alpha value is -1.52. The molecule has 0 radical (unpaired) electrons. The van der Waals surface area contributed by atoms with E-state index in [4.69, 9.17) is 10.5 Å². The van der Waals surface area contributed by atoms with Crippen LogP contribution in [-0.4, -0.2) is 23.6 Å². The number of nitrogens with two attached hydrogens (primary N) is 1. The van der Waals surface area contributed by atoms with Crippen LogP contribution in [0.25, 0.3) is 0 Å². The Bertz CT molecular complexity index is 402. The summed E-state index contributed by atoms with van der Waals surface area (Å²) >= 11 is 0. The van der Waals surface area contributed by atoms with Crippen molar-refractivity contribution in [2.45, 2.75) is 39.0 Å². The van der Waals surface area contributed by atoms with E-state index in [-0.39, 0.29) is 0 Å². The lowest BCUT2D eigenvalue weighted by atomic mass is 9.81. The maximum Gasteiger partial charge on any atom is 0.242 e. The van der Waals surface area contributed by atoms with Crippen LogP contribution >= 0.6 is 0 Å². The van der Waals surface area contributed by atoms with Crippen molar-refractivity contribution in [3.8, 4) is 5.88 Å². The van der Waals surface area contributed by atoms with E-state index < -0.39 is 0 Å². The van der Waals surface area contributed by atoms with E-state index in [9.17, 15) is 0 Å². The molecule has 1 aliphatic carbocycles. The van der Waals surface area contributed by atoms with Crippen LogP contribution in [0.4, 0.5) is 11.5 Å². The molecule has 0 saturated heterocycles. The van der Waals surface area contributed by atoms with Crippen molar-refractivity contribution in [2.24, 2.45) is 11.8 Å². The SMILES string of the molecule is COc1ncnc(NCCC2CCC(C)CC2)c1N. The fourth-order valence-electron chi connectivity index (χ4n) is 2.70. The van der Waals surface area contributed by atoms with Crippen LogP contribution in [0.1, 0.15) is 39.0 Å². The molecule has 0 spiro atoms. The molecule has 1 aliphatic rings. The number of hydrogen-bond acceptors (Lipinski definition) is 5. The Balaban J connectivity index is 1.79. The number of aromatic nitrogens is 2. The quantitative estimate of drug-likeness (QED) is 0.855. The fourth-order valence-corrected chi connectivity index (χ4v) is 2.70. The molecule has 1 fully saturated rings. The predicted octanol–water partition coefficient (Wildman–Crippen LogP) is 2.70. The third-order valence-electron chi connectivity index (χ3n) is 4.02. The minimum absolute atomic E-state index is 0.434. The molecule has 19 heavy (non-hydrogen) atoms. The lowest BCUT2D eigenvalue weighted by Crippen LogP contribution is -2.16. The van der Waals surface area contributed by atoms with Gasteiger partial charge in [-0.3, -0.25) is 0 Å². The minimum atomic E-state index is 0.434. The first kappa shape index (κ1) is 13.9. The van der Waals surface area contributed by atoms with Crippen LogP contribution in [0.2, 0.25) is 0 Å². The maximum absolute atomic E-state index is 5.92. The Kier molecular flexibility index (Phi) is 4.82. The zero-order chi connectivity index (χ0) is 13.7. The Morgan fingerprint density at radius 1 is 1.32 bits per heavy atom. The topological polar surface area (TPSA) is 73.1 Å². The fraction of sp³-hybridized carbons (Fsp3) is 0.714. The van der Waals surface area contributed by atoms with E-state index in [1.54, 1.807) is 7.11 Å². The molecule has 5 nitrogen and oxygen atoms in total. The highest BCUT2D eigenvalue weighted by molar-refractivity contribution is 5.66. The van der Waals surface area contributed by atoms with Gasteiger partial charge in [-0.15, -0.1) is 0 Å². The lowest BCUT2D eigenvalue weighted by molar-refractivity contribution is 0.282. The Morgan fingerprint density at radius 3 is 2.74 bits per heavy atom. The van der Waals surface area contributed by atoms with Crippen LogP contribution in [0, 0.1) is 11.8 Å². The second-order valence-corrected chi connectivity index (χ2v) is 5.49. The van der Waals surface area contributed by atoms with Crippen molar-refractivity contribution >= 4 is 11.5 Å². The number of anilines is 2. The van der Waals surface area contributed by atoms with E-state index >= 15 is 0 Å². The van der Waals surface area contributed by atoms with Crippen molar-refractivity contribution in [3.05, 3.63) is 6.33 Å². The van der Waals surface area contributed by atoms with Crippen LogP contribution in [0.5, 0.6) is 5.88 Å². The van der Waals surface area contributed by atoms with Crippen molar-refractivity contribution in [1.29, 1.82) is 0 Å². The number of hydrogen-bond donors (Lipinski definition) is 2. The molecule has 106 valence electrons. The van der Waals surface area contributed by atoms with Gasteiger partial charge in [-0.05, 0) is 18.3 Å². The van der Waals surface area contributed by atoms with Gasteiger partial charge in [0.1, 0.15) is 12.0 Å².